The van der Waals surface area contributed by atoms with E-state index < -0.39 is 5.97 Å². The highest BCUT2D eigenvalue weighted by atomic mass is 19.1. The Morgan fingerprint density at radius 2 is 1.62 bits per heavy atom. The van der Waals surface area contributed by atoms with Crippen LogP contribution in [0.3, 0.4) is 0 Å². The first-order valence-corrected chi connectivity index (χ1v) is 10.6. The van der Waals surface area contributed by atoms with Crippen molar-refractivity contribution in [3.05, 3.63) is 82.0 Å². The molecule has 0 radical (unpaired) electrons. The molecule has 0 spiro atoms. The summed E-state index contributed by atoms with van der Waals surface area (Å²) in [5.74, 6) is -0.851. The lowest BCUT2D eigenvalue weighted by Gasteiger charge is -2.37. The quantitative estimate of drug-likeness (QED) is 0.573. The Hall–Kier alpha value is -3.68. The summed E-state index contributed by atoms with van der Waals surface area (Å²) in [5, 5.41) is 4.37. The van der Waals surface area contributed by atoms with Crippen LogP contribution in [-0.4, -0.2) is 48.5 Å². The van der Waals surface area contributed by atoms with E-state index in [1.807, 2.05) is 28.9 Å². The van der Waals surface area contributed by atoms with Crippen LogP contribution in [0.15, 0.2) is 59.4 Å². The molecule has 0 unspecified atom stereocenters. The molecular formula is C24H25FN4O3. The van der Waals surface area contributed by atoms with Gasteiger partial charge in [-0.15, -0.1) is 0 Å². The summed E-state index contributed by atoms with van der Waals surface area (Å²) in [4.78, 5) is 29.5. The third kappa shape index (κ3) is 4.34. The summed E-state index contributed by atoms with van der Waals surface area (Å²) < 4.78 is 20.6. The average molecular weight is 436 g/mol. The average Bonchev–Trinajstić information content (AvgIpc) is 2.80. The molecule has 0 amide bonds. The molecule has 3 aromatic rings. The Kier molecular flexibility index (Phi) is 6.20. The van der Waals surface area contributed by atoms with Gasteiger partial charge in [0, 0.05) is 32.2 Å². The number of carbonyl (C=O) groups excluding carboxylic acids is 1. The second-order valence-electron chi connectivity index (χ2n) is 7.61. The number of esters is 1. The first kappa shape index (κ1) is 21.5. The second-order valence-corrected chi connectivity index (χ2v) is 7.61. The smallest absolute Gasteiger partial charge is 0.360 e. The number of para-hydroxylation sites is 1. The molecule has 0 saturated carbocycles. The monoisotopic (exact) mass is 436 g/mol. The van der Waals surface area contributed by atoms with Crippen molar-refractivity contribution in [3.63, 3.8) is 0 Å². The zero-order valence-electron chi connectivity index (χ0n) is 18.1. The van der Waals surface area contributed by atoms with Gasteiger partial charge in [0.25, 0.3) is 5.56 Å². The number of benzene rings is 2. The number of carbonyl (C=O) groups is 1. The molecule has 32 heavy (non-hydrogen) atoms. The Bertz CT molecular complexity index is 1170. The van der Waals surface area contributed by atoms with Gasteiger partial charge < -0.3 is 14.5 Å². The molecule has 2 heterocycles. The second kappa shape index (κ2) is 9.21. The maximum atomic E-state index is 14.2. The minimum Gasteiger partial charge on any atom is -0.461 e. The van der Waals surface area contributed by atoms with Crippen molar-refractivity contribution >= 4 is 17.3 Å². The molecule has 0 atom stereocenters. The number of nitrogens with zero attached hydrogens (tertiary/aromatic N) is 4. The van der Waals surface area contributed by atoms with Crippen molar-refractivity contribution in [3.8, 4) is 5.69 Å². The maximum absolute atomic E-state index is 14.2. The van der Waals surface area contributed by atoms with E-state index in [4.69, 9.17) is 4.74 Å². The first-order chi connectivity index (χ1) is 15.5. The molecule has 1 saturated heterocycles. The molecule has 0 aliphatic carbocycles. The number of hydrogen-bond donors (Lipinski definition) is 0. The van der Waals surface area contributed by atoms with Gasteiger partial charge in [-0.1, -0.05) is 29.8 Å². The largest absolute Gasteiger partial charge is 0.461 e. The van der Waals surface area contributed by atoms with E-state index in [1.165, 1.54) is 16.8 Å². The van der Waals surface area contributed by atoms with Gasteiger partial charge in [0.15, 0.2) is 5.69 Å². The van der Waals surface area contributed by atoms with Gasteiger partial charge in [-0.05, 0) is 38.1 Å². The van der Waals surface area contributed by atoms with Crippen molar-refractivity contribution in [1.82, 2.24) is 9.78 Å². The van der Waals surface area contributed by atoms with Crippen LogP contribution in [0, 0.1) is 12.7 Å². The lowest BCUT2D eigenvalue weighted by molar-refractivity contribution is 0.0518. The van der Waals surface area contributed by atoms with Crippen molar-refractivity contribution in [2.24, 2.45) is 0 Å². The minimum atomic E-state index is -0.583. The summed E-state index contributed by atoms with van der Waals surface area (Å²) in [7, 11) is 0. The van der Waals surface area contributed by atoms with Crippen LogP contribution in [0.25, 0.3) is 5.69 Å². The number of rotatable bonds is 5. The summed E-state index contributed by atoms with van der Waals surface area (Å²) >= 11 is 0. The van der Waals surface area contributed by atoms with Gasteiger partial charge in [0.2, 0.25) is 0 Å². The van der Waals surface area contributed by atoms with Crippen molar-refractivity contribution in [1.29, 1.82) is 0 Å². The van der Waals surface area contributed by atoms with Gasteiger partial charge in [-0.3, -0.25) is 4.79 Å². The maximum Gasteiger partial charge on any atom is 0.360 e. The molecule has 0 bridgehead atoms. The summed E-state index contributed by atoms with van der Waals surface area (Å²) in [6.07, 6.45) is 0. The minimum absolute atomic E-state index is 0.0892. The molecule has 1 fully saturated rings. The van der Waals surface area contributed by atoms with E-state index in [2.05, 4.69) is 5.10 Å². The summed E-state index contributed by atoms with van der Waals surface area (Å²) in [6.45, 7) is 5.99. The highest BCUT2D eigenvalue weighted by Gasteiger charge is 2.26. The number of ether oxygens (including phenoxy) is 1. The van der Waals surface area contributed by atoms with Crippen LogP contribution in [-0.2, 0) is 4.74 Å². The molecule has 2 aromatic carbocycles. The van der Waals surface area contributed by atoms with Gasteiger partial charge in [0.1, 0.15) is 5.82 Å². The third-order valence-electron chi connectivity index (χ3n) is 5.47. The predicted octanol–water partition coefficient (Wildman–Crippen LogP) is 3.18. The SMILES string of the molecule is CCOC(=O)c1nn(-c2ccc(C)cc2)c(=O)cc1N1CCN(c2ccccc2F)CC1. The van der Waals surface area contributed by atoms with Crippen LogP contribution >= 0.6 is 0 Å². The first-order valence-electron chi connectivity index (χ1n) is 10.6. The number of aromatic nitrogens is 2. The fourth-order valence-corrected chi connectivity index (χ4v) is 3.80. The molecule has 8 heteroatoms. The molecule has 1 aliphatic rings. The fourth-order valence-electron chi connectivity index (χ4n) is 3.80. The zero-order valence-corrected chi connectivity index (χ0v) is 18.1. The van der Waals surface area contributed by atoms with E-state index in [1.54, 1.807) is 37.3 Å². The molecule has 1 aliphatic heterocycles. The lowest BCUT2D eigenvalue weighted by Crippen LogP contribution is -2.48. The third-order valence-corrected chi connectivity index (χ3v) is 5.47. The Balaban J connectivity index is 1.65. The highest BCUT2D eigenvalue weighted by Crippen LogP contribution is 2.24. The van der Waals surface area contributed by atoms with Crippen molar-refractivity contribution in [2.45, 2.75) is 13.8 Å². The van der Waals surface area contributed by atoms with Crippen LogP contribution in [0.5, 0.6) is 0 Å². The number of halogens is 1. The van der Waals surface area contributed by atoms with Gasteiger partial charge in [-0.25, -0.2) is 9.18 Å². The highest BCUT2D eigenvalue weighted by molar-refractivity contribution is 5.93. The van der Waals surface area contributed by atoms with E-state index in [0.29, 0.717) is 43.2 Å². The van der Waals surface area contributed by atoms with Crippen LogP contribution in [0.1, 0.15) is 23.0 Å². The zero-order chi connectivity index (χ0) is 22.7. The number of hydrogen-bond acceptors (Lipinski definition) is 6. The molecule has 7 nitrogen and oxygen atoms in total. The molecule has 1 aromatic heterocycles. The Labute approximate surface area is 185 Å². The van der Waals surface area contributed by atoms with Crippen molar-refractivity contribution < 1.29 is 13.9 Å². The van der Waals surface area contributed by atoms with Gasteiger partial charge in [-0.2, -0.15) is 9.78 Å². The van der Waals surface area contributed by atoms with Crippen LogP contribution < -0.4 is 15.4 Å². The van der Waals surface area contributed by atoms with Crippen LogP contribution in [0.2, 0.25) is 0 Å². The Morgan fingerprint density at radius 1 is 1.00 bits per heavy atom. The number of aryl methyl sites for hydroxylation is 1. The summed E-state index contributed by atoms with van der Waals surface area (Å²) in [5.41, 5.74) is 2.36. The predicted molar refractivity (Wildman–Crippen MR) is 121 cm³/mol. The van der Waals surface area contributed by atoms with Gasteiger partial charge in [0.05, 0.1) is 23.7 Å². The molecule has 0 N–H and O–H groups in total. The fraction of sp³-hybridized carbons (Fsp3) is 0.292. The van der Waals surface area contributed by atoms with E-state index in [-0.39, 0.29) is 23.7 Å². The molecule has 166 valence electrons. The van der Waals surface area contributed by atoms with E-state index in [0.717, 1.165) is 5.56 Å². The van der Waals surface area contributed by atoms with E-state index >= 15 is 0 Å². The Morgan fingerprint density at radius 3 is 2.25 bits per heavy atom. The molecule has 4 rings (SSSR count). The summed E-state index contributed by atoms with van der Waals surface area (Å²) in [6, 6.07) is 15.4. The normalized spacial score (nSPS) is 13.8. The van der Waals surface area contributed by atoms with Gasteiger partial charge >= 0.3 is 5.97 Å². The standard InChI is InChI=1S/C24H25FN4O3/c1-3-32-24(31)23-21(16-22(30)29(26-23)18-10-8-17(2)9-11-18)28-14-12-27(13-15-28)20-7-5-4-6-19(20)25/h4-11,16H,3,12-15H2,1-2H3. The molecular weight excluding hydrogens is 411 g/mol. The lowest BCUT2D eigenvalue weighted by atomic mass is 10.2. The topological polar surface area (TPSA) is 67.7 Å². The van der Waals surface area contributed by atoms with E-state index in [9.17, 15) is 14.0 Å². The number of anilines is 2. The van der Waals surface area contributed by atoms with Crippen molar-refractivity contribution in [2.75, 3.05) is 42.6 Å². The number of piperazine rings is 1. The van der Waals surface area contributed by atoms with Crippen LogP contribution in [0.4, 0.5) is 15.8 Å².